The lowest BCUT2D eigenvalue weighted by molar-refractivity contribution is -0.216. The molecular formula is C13H15N2O5-. The first kappa shape index (κ1) is 15.5. The summed E-state index contributed by atoms with van der Waals surface area (Å²) in [5.41, 5.74) is 0.697. The van der Waals surface area contributed by atoms with Gasteiger partial charge >= 0.3 is 5.97 Å². The topological polar surface area (TPSA) is 122 Å². The molecule has 0 saturated carbocycles. The molecule has 0 unspecified atom stereocenters. The van der Waals surface area contributed by atoms with Crippen molar-refractivity contribution >= 4 is 17.8 Å². The highest BCUT2D eigenvalue weighted by atomic mass is 16.4. The van der Waals surface area contributed by atoms with E-state index in [2.05, 4.69) is 10.3 Å². The Morgan fingerprint density at radius 3 is 2.45 bits per heavy atom. The molecule has 0 heterocycles. The van der Waals surface area contributed by atoms with Crippen LogP contribution in [0.2, 0.25) is 0 Å². The van der Waals surface area contributed by atoms with Crippen LogP contribution < -0.4 is 10.4 Å². The van der Waals surface area contributed by atoms with E-state index >= 15 is 0 Å². The first-order valence-electron chi connectivity index (χ1n) is 5.87. The Labute approximate surface area is 115 Å². The van der Waals surface area contributed by atoms with Gasteiger partial charge in [0, 0.05) is 6.42 Å². The maximum absolute atomic E-state index is 11.8. The number of rotatable bonds is 6. The zero-order valence-electron chi connectivity index (χ0n) is 10.9. The van der Waals surface area contributed by atoms with Gasteiger partial charge in [0.05, 0.1) is 0 Å². The highest BCUT2D eigenvalue weighted by Gasteiger charge is 2.18. The van der Waals surface area contributed by atoms with Gasteiger partial charge in [-0.2, -0.15) is 0 Å². The third-order valence-electron chi connectivity index (χ3n) is 2.42. The highest BCUT2D eigenvalue weighted by molar-refractivity contribution is 5.87. The van der Waals surface area contributed by atoms with Crippen molar-refractivity contribution in [3.8, 4) is 5.75 Å². The Balaban J connectivity index is 2.78. The van der Waals surface area contributed by atoms with Crippen molar-refractivity contribution in [2.45, 2.75) is 19.4 Å². The molecule has 0 spiro atoms. The maximum Gasteiger partial charge on any atom is 0.322 e. The second-order valence-electron chi connectivity index (χ2n) is 4.15. The quantitative estimate of drug-likeness (QED) is 0.468. The van der Waals surface area contributed by atoms with Crippen LogP contribution in [0.4, 0.5) is 0 Å². The Hall–Kier alpha value is -2.57. The van der Waals surface area contributed by atoms with Gasteiger partial charge in [-0.15, -0.1) is 0 Å². The molecule has 20 heavy (non-hydrogen) atoms. The number of aliphatic carboxylic acids is 1. The number of amides is 1. The third kappa shape index (κ3) is 5.38. The summed E-state index contributed by atoms with van der Waals surface area (Å²) < 4.78 is 0. The number of aliphatic imine (C=N–C) groups is 1. The minimum Gasteiger partial charge on any atom is -0.862 e. The van der Waals surface area contributed by atoms with Gasteiger partial charge in [0.15, 0.2) is 0 Å². The van der Waals surface area contributed by atoms with Gasteiger partial charge in [-0.3, -0.25) is 14.6 Å². The number of hydrogen-bond donors (Lipinski definition) is 3. The van der Waals surface area contributed by atoms with Crippen LogP contribution in [0.3, 0.4) is 0 Å². The van der Waals surface area contributed by atoms with E-state index in [1.165, 1.54) is 19.1 Å². The van der Waals surface area contributed by atoms with Crippen molar-refractivity contribution in [2.24, 2.45) is 4.99 Å². The fourth-order valence-corrected chi connectivity index (χ4v) is 1.55. The molecule has 0 aliphatic carbocycles. The van der Waals surface area contributed by atoms with E-state index in [-0.39, 0.29) is 12.2 Å². The Kier molecular flexibility index (Phi) is 5.52. The summed E-state index contributed by atoms with van der Waals surface area (Å²) in [6, 6.07) is 5.12. The van der Waals surface area contributed by atoms with Gasteiger partial charge in [-0.25, -0.2) is 0 Å². The average Bonchev–Trinajstić information content (AvgIpc) is 2.37. The number of carbonyl (C=O) groups is 2. The molecular weight excluding hydrogens is 264 g/mol. The van der Waals surface area contributed by atoms with Gasteiger partial charge in [0.2, 0.25) is 5.91 Å². The predicted molar refractivity (Wildman–Crippen MR) is 69.4 cm³/mol. The zero-order valence-corrected chi connectivity index (χ0v) is 10.9. The lowest BCUT2D eigenvalue weighted by Gasteiger charge is -2.15. The number of carbonyl (C=O) groups excluding carboxylic acids is 1. The van der Waals surface area contributed by atoms with Crippen molar-refractivity contribution in [2.75, 3.05) is 6.54 Å². The van der Waals surface area contributed by atoms with Crippen LogP contribution in [0.25, 0.3) is 0 Å². The number of nitrogens with one attached hydrogen (secondary N) is 1. The lowest BCUT2D eigenvalue weighted by Crippen LogP contribution is -2.39. The molecule has 1 rings (SSSR count). The van der Waals surface area contributed by atoms with E-state index in [1.807, 2.05) is 0 Å². The fraction of sp³-hybridized carbons (Fsp3) is 0.308. The number of benzene rings is 1. The van der Waals surface area contributed by atoms with E-state index in [4.69, 9.17) is 10.2 Å². The first-order valence-corrected chi connectivity index (χ1v) is 5.87. The van der Waals surface area contributed by atoms with Crippen LogP contribution >= 0.6 is 0 Å². The molecule has 7 nitrogen and oxygen atoms in total. The Morgan fingerprint density at radius 1 is 1.35 bits per heavy atom. The molecule has 1 amide bonds. The Bertz CT molecular complexity index is 506. The lowest BCUT2D eigenvalue weighted by atomic mass is 10.1. The molecule has 0 bridgehead atoms. The maximum atomic E-state index is 11.8. The van der Waals surface area contributed by atoms with Crippen molar-refractivity contribution in [1.29, 1.82) is 0 Å². The molecule has 1 atom stereocenters. The zero-order chi connectivity index (χ0) is 15.1. The second kappa shape index (κ2) is 7.13. The number of carboxylic acids is 1. The molecule has 108 valence electrons. The van der Waals surface area contributed by atoms with E-state index in [9.17, 15) is 14.7 Å². The highest BCUT2D eigenvalue weighted by Crippen LogP contribution is 2.12. The van der Waals surface area contributed by atoms with E-state index in [1.54, 1.807) is 12.1 Å². The third-order valence-corrected chi connectivity index (χ3v) is 2.42. The summed E-state index contributed by atoms with van der Waals surface area (Å²) >= 11 is 0. The van der Waals surface area contributed by atoms with Gasteiger partial charge in [0.1, 0.15) is 18.3 Å². The number of hydrogen-bond acceptors (Lipinski definition) is 5. The van der Waals surface area contributed by atoms with Crippen molar-refractivity contribution in [3.63, 3.8) is 0 Å². The second-order valence-corrected chi connectivity index (χ2v) is 4.15. The Morgan fingerprint density at radius 2 is 1.95 bits per heavy atom. The number of aromatic hydroxyl groups is 1. The molecule has 1 aromatic carbocycles. The summed E-state index contributed by atoms with van der Waals surface area (Å²) in [5, 5.41) is 30.9. The van der Waals surface area contributed by atoms with E-state index in [0.717, 1.165) is 0 Å². The predicted octanol–water partition coefficient (Wildman–Crippen LogP) is -0.717. The minimum atomic E-state index is -1.18. The summed E-state index contributed by atoms with van der Waals surface area (Å²) in [6.07, 6.45) is 0.144. The molecule has 0 aliphatic rings. The van der Waals surface area contributed by atoms with Crippen LogP contribution in [0.5, 0.6) is 5.75 Å². The van der Waals surface area contributed by atoms with E-state index < -0.39 is 30.4 Å². The summed E-state index contributed by atoms with van der Waals surface area (Å²) in [5.74, 6) is -2.23. The largest absolute Gasteiger partial charge is 0.862 e. The molecule has 0 aliphatic heterocycles. The molecule has 0 aromatic heterocycles. The van der Waals surface area contributed by atoms with Crippen molar-refractivity contribution in [3.05, 3.63) is 29.8 Å². The molecule has 7 heteroatoms. The average molecular weight is 279 g/mol. The molecule has 0 saturated heterocycles. The van der Waals surface area contributed by atoms with Crippen LogP contribution in [0.1, 0.15) is 12.5 Å². The molecule has 1 aromatic rings. The SMILES string of the molecule is CC([O-])=N[C@@H](Cc1ccc(O)cc1)C(=O)NCC(=O)O. The summed E-state index contributed by atoms with van der Waals surface area (Å²) in [6.45, 7) is 0.687. The molecule has 0 fully saturated rings. The van der Waals surface area contributed by atoms with Gasteiger partial charge < -0.3 is 20.6 Å². The molecule has 3 N–H and O–H groups in total. The minimum absolute atomic E-state index is 0.0872. The van der Waals surface area contributed by atoms with Gasteiger partial charge in [-0.1, -0.05) is 12.1 Å². The smallest absolute Gasteiger partial charge is 0.322 e. The van der Waals surface area contributed by atoms with Gasteiger partial charge in [0.25, 0.3) is 0 Å². The monoisotopic (exact) mass is 279 g/mol. The number of phenols is 1. The van der Waals surface area contributed by atoms with Crippen molar-refractivity contribution in [1.82, 2.24) is 5.32 Å². The standard InChI is InChI=1S/C13H16N2O5/c1-8(16)15-11(13(20)14-7-12(18)19)6-9-2-4-10(17)5-3-9/h2-5,11,17H,6-7H2,1H3,(H,14,20)(H,15,16)(H,18,19)/p-1/t11-/m0/s1. The van der Waals surface area contributed by atoms with Crippen LogP contribution in [-0.2, 0) is 16.0 Å². The fourth-order valence-electron chi connectivity index (χ4n) is 1.55. The van der Waals surface area contributed by atoms with Crippen LogP contribution in [-0.4, -0.2) is 40.6 Å². The number of nitrogens with zero attached hydrogens (tertiary/aromatic N) is 1. The summed E-state index contributed by atoms with van der Waals surface area (Å²) in [7, 11) is 0. The molecule has 0 radical (unpaired) electrons. The summed E-state index contributed by atoms with van der Waals surface area (Å²) in [4.78, 5) is 25.9. The van der Waals surface area contributed by atoms with E-state index in [0.29, 0.717) is 5.56 Å². The first-order chi connectivity index (χ1) is 9.38. The normalized spacial score (nSPS) is 12.8. The number of carboxylic acid groups (broad SMARTS) is 1. The van der Waals surface area contributed by atoms with Crippen LogP contribution in [0, 0.1) is 0 Å². The van der Waals surface area contributed by atoms with Crippen LogP contribution in [0.15, 0.2) is 29.3 Å². The van der Waals surface area contributed by atoms with Crippen molar-refractivity contribution < 1.29 is 24.9 Å². The van der Waals surface area contributed by atoms with Gasteiger partial charge in [-0.05, 0) is 30.5 Å². The number of phenolic OH excluding ortho intramolecular Hbond substituents is 1.